The molecule has 0 aliphatic rings. The summed E-state index contributed by atoms with van der Waals surface area (Å²) < 4.78 is 23.8. The van der Waals surface area contributed by atoms with Crippen LogP contribution in [0.5, 0.6) is 0 Å². The van der Waals surface area contributed by atoms with Gasteiger partial charge < -0.3 is 25.0 Å². The van der Waals surface area contributed by atoms with Gasteiger partial charge in [-0.2, -0.15) is 4.98 Å². The largest absolute Gasteiger partial charge is 0.394 e. The van der Waals surface area contributed by atoms with E-state index in [-0.39, 0.29) is 19.0 Å². The van der Waals surface area contributed by atoms with Crippen molar-refractivity contribution >= 4 is 35.0 Å². The second-order valence-corrected chi connectivity index (χ2v) is 13.0. The van der Waals surface area contributed by atoms with E-state index in [0.717, 1.165) is 11.5 Å². The van der Waals surface area contributed by atoms with Crippen LogP contribution in [0.15, 0.2) is 17.1 Å². The van der Waals surface area contributed by atoms with Gasteiger partial charge >= 0.3 is 13.3 Å². The monoisotopic (exact) mass is 553 g/mol. The second kappa shape index (κ2) is 20.5. The highest BCUT2D eigenvalue weighted by atomic mass is 33.1. The molecule has 1 aromatic rings. The van der Waals surface area contributed by atoms with Crippen molar-refractivity contribution in [1.29, 1.82) is 0 Å². The van der Waals surface area contributed by atoms with Crippen LogP contribution in [0.3, 0.4) is 0 Å². The van der Waals surface area contributed by atoms with Crippen molar-refractivity contribution in [2.75, 3.05) is 36.8 Å². The summed E-state index contributed by atoms with van der Waals surface area (Å²) in [7, 11) is -0.337. The standard InChI is InChI=1S/C23H44N3O6PS2/c1-2-3-4-5-6-7-8-9-10-11-16-34-35-17-12-15-32-33(29,30)20-31-21(19-27)18-26-14-13-22(24)25-23(26)28/h13-14,21,27H,2-12,15-20H2,1H3,(H,29,30)(H2,24,25,28)/t21-/m0/s1. The van der Waals surface area contributed by atoms with E-state index in [4.69, 9.17) is 15.0 Å². The molecular weight excluding hydrogens is 509 g/mol. The fraction of sp³-hybridized carbons (Fsp3) is 0.826. The van der Waals surface area contributed by atoms with E-state index in [9.17, 15) is 19.4 Å². The van der Waals surface area contributed by atoms with Gasteiger partial charge in [0.2, 0.25) is 0 Å². The molecule has 1 aromatic heterocycles. The van der Waals surface area contributed by atoms with Crippen molar-refractivity contribution in [2.45, 2.75) is 90.2 Å². The van der Waals surface area contributed by atoms with Gasteiger partial charge in [0.1, 0.15) is 12.2 Å². The molecular formula is C23H44N3O6PS2. The number of rotatable bonds is 23. The van der Waals surface area contributed by atoms with Crippen LogP contribution in [0.25, 0.3) is 0 Å². The van der Waals surface area contributed by atoms with Gasteiger partial charge in [0.25, 0.3) is 0 Å². The maximum Gasteiger partial charge on any atom is 0.353 e. The normalized spacial score (nSPS) is 14.1. The number of nitrogens with two attached hydrogens (primary N) is 1. The first kappa shape index (κ1) is 32.5. The Kier molecular flexibility index (Phi) is 19.0. The van der Waals surface area contributed by atoms with Crippen LogP contribution in [0.1, 0.15) is 77.6 Å². The van der Waals surface area contributed by atoms with Gasteiger partial charge in [-0.3, -0.25) is 9.13 Å². The van der Waals surface area contributed by atoms with Crippen molar-refractivity contribution in [3.8, 4) is 0 Å². The lowest BCUT2D eigenvalue weighted by atomic mass is 10.1. The van der Waals surface area contributed by atoms with Gasteiger partial charge in [-0.1, -0.05) is 86.3 Å². The molecule has 0 aromatic carbocycles. The van der Waals surface area contributed by atoms with Gasteiger partial charge in [0.05, 0.1) is 25.9 Å². The summed E-state index contributed by atoms with van der Waals surface area (Å²) in [5.41, 5.74) is 4.86. The Labute approximate surface area is 217 Å². The molecule has 204 valence electrons. The summed E-state index contributed by atoms with van der Waals surface area (Å²) >= 11 is 0. The Balaban J connectivity index is 2.01. The summed E-state index contributed by atoms with van der Waals surface area (Å²) in [4.78, 5) is 25.3. The van der Waals surface area contributed by atoms with Crippen LogP contribution >= 0.6 is 29.2 Å². The predicted molar refractivity (Wildman–Crippen MR) is 147 cm³/mol. The third kappa shape index (κ3) is 17.5. The molecule has 9 nitrogen and oxygen atoms in total. The summed E-state index contributed by atoms with van der Waals surface area (Å²) in [5, 5.41) is 9.45. The van der Waals surface area contributed by atoms with E-state index >= 15 is 0 Å². The van der Waals surface area contributed by atoms with Crippen LogP contribution in [0.4, 0.5) is 5.82 Å². The zero-order valence-corrected chi connectivity index (χ0v) is 23.5. The Bertz CT molecular complexity index is 771. The summed E-state index contributed by atoms with van der Waals surface area (Å²) in [6, 6.07) is 1.45. The third-order valence-corrected chi connectivity index (χ3v) is 8.94. The molecule has 1 unspecified atom stereocenters. The summed E-state index contributed by atoms with van der Waals surface area (Å²) in [5.74, 6) is 2.07. The summed E-state index contributed by atoms with van der Waals surface area (Å²) in [6.07, 6.45) is 14.1. The Morgan fingerprint density at radius 1 is 1.06 bits per heavy atom. The van der Waals surface area contributed by atoms with E-state index in [1.165, 1.54) is 81.0 Å². The number of hydrogen-bond donors (Lipinski definition) is 3. The Morgan fingerprint density at radius 3 is 2.26 bits per heavy atom. The van der Waals surface area contributed by atoms with Gasteiger partial charge in [0.15, 0.2) is 0 Å². The molecule has 0 bridgehead atoms. The number of aromatic nitrogens is 2. The third-order valence-electron chi connectivity index (χ3n) is 5.30. The fourth-order valence-corrected chi connectivity index (χ4v) is 6.39. The number of unbranched alkanes of at least 4 members (excludes halogenated alkanes) is 9. The number of aliphatic hydroxyl groups excluding tert-OH is 1. The van der Waals surface area contributed by atoms with E-state index in [1.54, 1.807) is 10.8 Å². The molecule has 0 aliphatic heterocycles. The molecule has 0 amide bonds. The fourth-order valence-electron chi connectivity index (χ4n) is 3.29. The molecule has 4 N–H and O–H groups in total. The van der Waals surface area contributed by atoms with Crippen LogP contribution in [0, 0.1) is 0 Å². The molecule has 0 aliphatic carbocycles. The van der Waals surface area contributed by atoms with Crippen LogP contribution in [-0.2, 0) is 20.4 Å². The number of nitrogen functional groups attached to an aromatic ring is 1. The SMILES string of the molecule is CCCCCCCCCCCCSSCCCOP(=O)(O)CO[C@H](CO)Cn1ccc(N)nc1=O. The number of nitrogens with zero attached hydrogens (tertiary/aromatic N) is 2. The molecule has 0 spiro atoms. The Hall–Kier alpha value is -0.550. The minimum atomic E-state index is -3.94. The van der Waals surface area contributed by atoms with Crippen molar-refractivity contribution in [3.63, 3.8) is 0 Å². The van der Waals surface area contributed by atoms with E-state index < -0.39 is 32.3 Å². The molecule has 1 rings (SSSR count). The quantitative estimate of drug-likeness (QED) is 0.0958. The number of ether oxygens (including phenoxy) is 1. The van der Waals surface area contributed by atoms with Crippen LogP contribution < -0.4 is 11.4 Å². The molecule has 0 saturated carbocycles. The molecule has 35 heavy (non-hydrogen) atoms. The highest BCUT2D eigenvalue weighted by Crippen LogP contribution is 2.42. The van der Waals surface area contributed by atoms with Crippen LogP contribution in [0.2, 0.25) is 0 Å². The maximum atomic E-state index is 12.2. The maximum absolute atomic E-state index is 12.2. The first-order valence-corrected chi connectivity index (χ1v) is 16.9. The smallest absolute Gasteiger partial charge is 0.353 e. The average molecular weight is 554 g/mol. The van der Waals surface area contributed by atoms with Crippen molar-refractivity contribution in [3.05, 3.63) is 22.7 Å². The van der Waals surface area contributed by atoms with Gasteiger partial charge in [-0.15, -0.1) is 0 Å². The highest BCUT2D eigenvalue weighted by Gasteiger charge is 2.22. The van der Waals surface area contributed by atoms with Crippen LogP contribution in [-0.4, -0.2) is 56.7 Å². The van der Waals surface area contributed by atoms with E-state index in [1.807, 2.05) is 10.8 Å². The lowest BCUT2D eigenvalue weighted by molar-refractivity contribution is 0.0168. The molecule has 2 atom stereocenters. The highest BCUT2D eigenvalue weighted by molar-refractivity contribution is 8.76. The minimum absolute atomic E-state index is 0.0183. The van der Waals surface area contributed by atoms with Gasteiger partial charge in [-0.25, -0.2) is 4.79 Å². The van der Waals surface area contributed by atoms with Crippen molar-refractivity contribution in [1.82, 2.24) is 9.55 Å². The molecule has 12 heteroatoms. The lowest BCUT2D eigenvalue weighted by Gasteiger charge is -2.19. The molecule has 0 fully saturated rings. The number of anilines is 1. The zero-order chi connectivity index (χ0) is 25.8. The minimum Gasteiger partial charge on any atom is -0.394 e. The molecule has 1 heterocycles. The summed E-state index contributed by atoms with van der Waals surface area (Å²) in [6.45, 7) is 1.97. The van der Waals surface area contributed by atoms with Crippen molar-refractivity contribution in [2.24, 2.45) is 0 Å². The van der Waals surface area contributed by atoms with E-state index in [2.05, 4.69) is 11.9 Å². The first-order valence-electron chi connectivity index (χ1n) is 12.6. The topological polar surface area (TPSA) is 137 Å². The number of hydrogen-bond acceptors (Lipinski definition) is 9. The first-order chi connectivity index (χ1) is 16.9. The van der Waals surface area contributed by atoms with Gasteiger partial charge in [-0.05, 0) is 18.9 Å². The second-order valence-electron chi connectivity index (χ2n) is 8.54. The predicted octanol–water partition coefficient (Wildman–Crippen LogP) is 5.05. The zero-order valence-electron chi connectivity index (χ0n) is 21.0. The van der Waals surface area contributed by atoms with E-state index in [0.29, 0.717) is 6.42 Å². The van der Waals surface area contributed by atoms with Crippen molar-refractivity contribution < 1.29 is 23.8 Å². The molecule has 0 saturated heterocycles. The molecule has 0 radical (unpaired) electrons. The average Bonchev–Trinajstić information content (AvgIpc) is 2.82. The lowest BCUT2D eigenvalue weighted by Crippen LogP contribution is -2.32. The Morgan fingerprint density at radius 2 is 1.66 bits per heavy atom. The number of aliphatic hydroxyl groups is 1. The van der Waals surface area contributed by atoms with Gasteiger partial charge in [0, 0.05) is 17.7 Å².